The summed E-state index contributed by atoms with van der Waals surface area (Å²) in [5.41, 5.74) is 4.74. The molecular weight excluding hydrogens is 618 g/mol. The van der Waals surface area contributed by atoms with Crippen molar-refractivity contribution >= 4 is 41.7 Å². The van der Waals surface area contributed by atoms with Crippen LogP contribution in [0.15, 0.2) is 30.3 Å². The maximum atomic E-state index is 13.4. The van der Waals surface area contributed by atoms with Gasteiger partial charge in [-0.05, 0) is 45.6 Å². The van der Waals surface area contributed by atoms with Crippen molar-refractivity contribution in [2.75, 3.05) is 19.6 Å². The molecule has 0 aliphatic rings. The van der Waals surface area contributed by atoms with Gasteiger partial charge in [0.25, 0.3) is 0 Å². The van der Waals surface area contributed by atoms with Gasteiger partial charge in [-0.2, -0.15) is 0 Å². The number of aliphatic hydroxyl groups excluding tert-OH is 1. The van der Waals surface area contributed by atoms with Crippen LogP contribution in [0.2, 0.25) is 0 Å². The van der Waals surface area contributed by atoms with Crippen molar-refractivity contribution in [1.29, 1.82) is 0 Å². The average molecular weight is 666 g/mol. The Hall–Kier alpha value is -4.93. The van der Waals surface area contributed by atoms with Crippen LogP contribution in [0.5, 0.6) is 0 Å². The first kappa shape index (κ1) is 40.1. The Morgan fingerprint density at radius 1 is 0.787 bits per heavy atom. The molecule has 17 heteroatoms. The molecule has 0 saturated heterocycles. The molecule has 0 bridgehead atoms. The largest absolute Gasteiger partial charge is 0.445 e. The minimum atomic E-state index is -1.50. The Labute approximate surface area is 273 Å². The highest BCUT2D eigenvalue weighted by atomic mass is 16.6. The van der Waals surface area contributed by atoms with Crippen molar-refractivity contribution in [2.24, 2.45) is 11.7 Å². The number of primary amides is 1. The predicted octanol–water partition coefficient (Wildman–Crippen LogP) is -1.08. The van der Waals surface area contributed by atoms with E-state index in [4.69, 9.17) is 15.2 Å². The fourth-order valence-electron chi connectivity index (χ4n) is 3.78. The summed E-state index contributed by atoms with van der Waals surface area (Å²) >= 11 is 0. The Morgan fingerprint density at radius 3 is 1.98 bits per heavy atom. The minimum absolute atomic E-state index is 0.0912. The van der Waals surface area contributed by atoms with Gasteiger partial charge in [-0.1, -0.05) is 44.2 Å². The third kappa shape index (κ3) is 17.4. The lowest BCUT2D eigenvalue weighted by atomic mass is 10.0. The van der Waals surface area contributed by atoms with E-state index in [0.29, 0.717) is 5.56 Å². The summed E-state index contributed by atoms with van der Waals surface area (Å²) in [5.74, 6) is -4.09. The Morgan fingerprint density at radius 2 is 1.43 bits per heavy atom. The molecule has 1 rings (SSSR count). The van der Waals surface area contributed by atoms with E-state index in [1.807, 2.05) is 0 Å². The van der Waals surface area contributed by atoms with Gasteiger partial charge in [0.15, 0.2) is 0 Å². The average Bonchev–Trinajstić information content (AvgIpc) is 2.97. The molecule has 0 radical (unpaired) electrons. The minimum Gasteiger partial charge on any atom is -0.445 e. The van der Waals surface area contributed by atoms with E-state index >= 15 is 0 Å². The van der Waals surface area contributed by atoms with Crippen LogP contribution in [0.1, 0.15) is 53.5 Å². The number of ether oxygens (including phenoxy) is 2. The van der Waals surface area contributed by atoms with Crippen LogP contribution >= 0.6 is 0 Å². The standard InChI is InChI=1S/C30H47N7O10/c1-17(2)12-20(25(41)34-15-23(40)32-14-22(31)39)35-26(42)21(36-29(45)47-30(4,5)6)13-33-27(43)24(18(3)38)37-28(44)46-16-19-10-8-7-9-11-19/h7-11,17-18,20-21,24,38H,12-16H2,1-6H3,(H2,31,39)(H,32,40)(H,33,43)(H,34,41)(H,35,42)(H,36,45)(H,37,44)/t18-,20+,21+,24+/m1/s1. The van der Waals surface area contributed by atoms with Crippen LogP contribution in [-0.2, 0) is 40.1 Å². The lowest BCUT2D eigenvalue weighted by molar-refractivity contribution is -0.132. The summed E-state index contributed by atoms with van der Waals surface area (Å²) in [4.78, 5) is 87.0. The normalized spacial score (nSPS) is 13.5. The van der Waals surface area contributed by atoms with Crippen LogP contribution in [0, 0.1) is 5.92 Å². The van der Waals surface area contributed by atoms with Crippen molar-refractivity contribution in [2.45, 2.75) is 84.4 Å². The van der Waals surface area contributed by atoms with Gasteiger partial charge in [-0.3, -0.25) is 24.0 Å². The van der Waals surface area contributed by atoms with Gasteiger partial charge in [-0.15, -0.1) is 0 Å². The summed E-state index contributed by atoms with van der Waals surface area (Å²) in [5, 5.41) is 24.3. The number of carbonyl (C=O) groups excluding carboxylic acids is 7. The zero-order valence-electron chi connectivity index (χ0n) is 27.5. The van der Waals surface area contributed by atoms with Crippen LogP contribution < -0.4 is 37.6 Å². The SMILES string of the molecule is CC(C)C[C@H](NC(=O)[C@H](CNC(=O)[C@@H](NC(=O)OCc1ccccc1)[C@@H](C)O)NC(=O)OC(C)(C)C)C(=O)NCC(=O)NCC(N)=O. The number of rotatable bonds is 17. The van der Waals surface area contributed by atoms with E-state index in [1.54, 1.807) is 65.0 Å². The lowest BCUT2D eigenvalue weighted by Gasteiger charge is -2.27. The topological polar surface area (TPSA) is 256 Å². The summed E-state index contributed by atoms with van der Waals surface area (Å²) in [6.07, 6.45) is -3.24. The fraction of sp³-hybridized carbons (Fsp3) is 0.567. The summed E-state index contributed by atoms with van der Waals surface area (Å²) in [6.45, 7) is 8.07. The van der Waals surface area contributed by atoms with Crippen LogP contribution in [0.25, 0.3) is 0 Å². The summed E-state index contributed by atoms with van der Waals surface area (Å²) in [6, 6.07) is 4.60. The van der Waals surface area contributed by atoms with Crippen LogP contribution in [0.3, 0.4) is 0 Å². The number of nitrogens with two attached hydrogens (primary N) is 1. The molecule has 7 amide bonds. The molecule has 47 heavy (non-hydrogen) atoms. The smallest absolute Gasteiger partial charge is 0.408 e. The number of benzene rings is 1. The first-order valence-electron chi connectivity index (χ1n) is 14.9. The molecule has 1 aromatic carbocycles. The first-order chi connectivity index (χ1) is 21.9. The van der Waals surface area contributed by atoms with Crippen LogP contribution in [0.4, 0.5) is 9.59 Å². The maximum absolute atomic E-state index is 13.4. The number of nitrogens with one attached hydrogen (secondary N) is 6. The van der Waals surface area contributed by atoms with E-state index in [2.05, 4.69) is 31.9 Å². The van der Waals surface area contributed by atoms with Gasteiger partial charge in [0.1, 0.15) is 30.3 Å². The molecule has 9 N–H and O–H groups in total. The van der Waals surface area contributed by atoms with E-state index in [-0.39, 0.29) is 18.9 Å². The summed E-state index contributed by atoms with van der Waals surface area (Å²) in [7, 11) is 0. The molecule has 262 valence electrons. The van der Waals surface area contributed by atoms with E-state index in [1.165, 1.54) is 6.92 Å². The van der Waals surface area contributed by atoms with E-state index in [9.17, 15) is 38.7 Å². The zero-order valence-corrected chi connectivity index (χ0v) is 27.5. The number of alkyl carbamates (subject to hydrolysis) is 2. The van der Waals surface area contributed by atoms with Gasteiger partial charge >= 0.3 is 12.2 Å². The molecular formula is C30H47N7O10. The number of aliphatic hydroxyl groups is 1. The van der Waals surface area contributed by atoms with Crippen molar-refractivity contribution in [3.05, 3.63) is 35.9 Å². The highest BCUT2D eigenvalue weighted by Gasteiger charge is 2.32. The fourth-order valence-corrected chi connectivity index (χ4v) is 3.78. The van der Waals surface area contributed by atoms with Gasteiger partial charge < -0.3 is 52.2 Å². The molecule has 0 heterocycles. The van der Waals surface area contributed by atoms with Gasteiger partial charge in [-0.25, -0.2) is 9.59 Å². The molecule has 0 aromatic heterocycles. The monoisotopic (exact) mass is 665 g/mol. The highest BCUT2D eigenvalue weighted by Crippen LogP contribution is 2.08. The van der Waals surface area contributed by atoms with E-state index < -0.39 is 91.2 Å². The predicted molar refractivity (Wildman–Crippen MR) is 168 cm³/mol. The van der Waals surface area contributed by atoms with Crippen molar-refractivity contribution < 1.29 is 48.1 Å². The Bertz CT molecular complexity index is 1240. The van der Waals surface area contributed by atoms with Gasteiger partial charge in [0.2, 0.25) is 29.5 Å². The van der Waals surface area contributed by atoms with Gasteiger partial charge in [0.05, 0.1) is 19.2 Å². The van der Waals surface area contributed by atoms with Crippen molar-refractivity contribution in [3.8, 4) is 0 Å². The number of hydrogen-bond donors (Lipinski definition) is 8. The van der Waals surface area contributed by atoms with E-state index in [0.717, 1.165) is 0 Å². The highest BCUT2D eigenvalue weighted by molar-refractivity contribution is 5.94. The Kier molecular flexibility index (Phi) is 16.7. The van der Waals surface area contributed by atoms with Crippen LogP contribution in [-0.4, -0.2) is 96.3 Å². The quantitative estimate of drug-likeness (QED) is 0.0998. The molecule has 0 saturated carbocycles. The lowest BCUT2D eigenvalue weighted by Crippen LogP contribution is -2.60. The van der Waals surface area contributed by atoms with Crippen molar-refractivity contribution in [3.63, 3.8) is 0 Å². The Balaban J connectivity index is 3.01. The molecule has 0 unspecified atom stereocenters. The number of hydrogen-bond acceptors (Lipinski definition) is 10. The second-order valence-corrected chi connectivity index (χ2v) is 12.0. The third-order valence-electron chi connectivity index (χ3n) is 5.96. The molecule has 0 aliphatic carbocycles. The first-order valence-corrected chi connectivity index (χ1v) is 14.9. The summed E-state index contributed by atoms with van der Waals surface area (Å²) < 4.78 is 10.4. The second-order valence-electron chi connectivity index (χ2n) is 12.0. The van der Waals surface area contributed by atoms with Gasteiger partial charge in [0, 0.05) is 6.54 Å². The molecule has 4 atom stereocenters. The molecule has 17 nitrogen and oxygen atoms in total. The molecule has 1 aromatic rings. The number of amides is 7. The van der Waals surface area contributed by atoms with Crippen molar-refractivity contribution in [1.82, 2.24) is 31.9 Å². The second kappa shape index (κ2) is 19.6. The third-order valence-corrected chi connectivity index (χ3v) is 5.96. The molecule has 0 aliphatic heterocycles. The zero-order chi connectivity index (χ0) is 35.7. The molecule has 0 fully saturated rings. The molecule has 0 spiro atoms. The maximum Gasteiger partial charge on any atom is 0.408 e. The number of carbonyl (C=O) groups is 7.